The van der Waals surface area contributed by atoms with E-state index < -0.39 is 0 Å². The zero-order valence-electron chi connectivity index (χ0n) is 14.3. The van der Waals surface area contributed by atoms with Gasteiger partial charge in [0.1, 0.15) is 0 Å². The summed E-state index contributed by atoms with van der Waals surface area (Å²) in [5.74, 6) is 1.16. The van der Waals surface area contributed by atoms with E-state index >= 15 is 0 Å². The zero-order valence-corrected chi connectivity index (χ0v) is 14.3. The first-order valence-corrected chi connectivity index (χ1v) is 8.51. The molecule has 2 aliphatic rings. The molecule has 1 aromatic heterocycles. The first kappa shape index (κ1) is 16.0. The molecule has 3 rings (SSSR count). The number of nitrogens with zero attached hydrogens (tertiary/aromatic N) is 3. The lowest BCUT2D eigenvalue weighted by Crippen LogP contribution is -2.43. The molecule has 2 heterocycles. The van der Waals surface area contributed by atoms with Gasteiger partial charge in [0.25, 0.3) is 0 Å². The van der Waals surface area contributed by atoms with Gasteiger partial charge in [-0.2, -0.15) is 4.98 Å². The predicted octanol–water partition coefficient (Wildman–Crippen LogP) is 3.36. The average molecular weight is 318 g/mol. The number of urea groups is 1. The summed E-state index contributed by atoms with van der Waals surface area (Å²) in [6, 6.07) is -0.0946. The van der Waals surface area contributed by atoms with Crippen LogP contribution < -0.4 is 5.32 Å². The number of hydrogen-bond donors (Lipinski definition) is 1. The highest BCUT2D eigenvalue weighted by Crippen LogP contribution is 2.34. The summed E-state index contributed by atoms with van der Waals surface area (Å²) in [5, 5.41) is 7.09. The lowest BCUT2D eigenvalue weighted by atomic mass is 9.83. The fourth-order valence-electron chi connectivity index (χ4n) is 3.53. The number of carbonyl (C=O) groups excluding carboxylic acids is 1. The van der Waals surface area contributed by atoms with Gasteiger partial charge in [0.05, 0.1) is 6.04 Å². The van der Waals surface area contributed by atoms with Crippen LogP contribution in [0.1, 0.15) is 63.7 Å². The van der Waals surface area contributed by atoms with Crippen LogP contribution in [0.3, 0.4) is 0 Å². The monoisotopic (exact) mass is 318 g/mol. The molecule has 2 amide bonds. The minimum atomic E-state index is -0.0683. The van der Waals surface area contributed by atoms with Crippen LogP contribution in [-0.4, -0.2) is 34.2 Å². The molecule has 0 bridgehead atoms. The van der Waals surface area contributed by atoms with Crippen LogP contribution in [-0.2, 0) is 0 Å². The Morgan fingerprint density at radius 3 is 2.96 bits per heavy atom. The zero-order chi connectivity index (χ0) is 16.4. The third-order valence-corrected chi connectivity index (χ3v) is 4.95. The number of likely N-dealkylation sites (tertiary alicyclic amines) is 1. The normalized spacial score (nSPS) is 21.6. The molecule has 1 saturated heterocycles. The van der Waals surface area contributed by atoms with E-state index in [2.05, 4.69) is 35.4 Å². The van der Waals surface area contributed by atoms with Crippen LogP contribution in [0.4, 0.5) is 4.79 Å². The average Bonchev–Trinajstić information content (AvgIpc) is 3.24. The molecule has 0 spiro atoms. The van der Waals surface area contributed by atoms with Crippen LogP contribution >= 0.6 is 0 Å². The standard InChI is InChI=1S/C17H26N4O2/c1-12-19-15(20-23-12)14-9-6-10-21(14)16(22)18-11-17(2,3)13-7-4-5-8-13/h7,14H,4-6,8-11H2,1-3H3,(H,18,22). The smallest absolute Gasteiger partial charge is 0.318 e. The van der Waals surface area contributed by atoms with E-state index in [9.17, 15) is 4.79 Å². The minimum absolute atomic E-state index is 0.0180. The quantitative estimate of drug-likeness (QED) is 0.864. The molecule has 1 unspecified atom stereocenters. The first-order valence-electron chi connectivity index (χ1n) is 8.51. The number of carbonyl (C=O) groups is 1. The van der Waals surface area contributed by atoms with Gasteiger partial charge in [-0.1, -0.05) is 30.7 Å². The Morgan fingerprint density at radius 2 is 2.30 bits per heavy atom. The summed E-state index contributed by atoms with van der Waals surface area (Å²) in [6.45, 7) is 7.58. The van der Waals surface area contributed by atoms with Crippen molar-refractivity contribution in [1.82, 2.24) is 20.4 Å². The van der Waals surface area contributed by atoms with Crippen LogP contribution in [0, 0.1) is 12.3 Å². The number of nitrogens with one attached hydrogen (secondary N) is 1. The molecule has 1 fully saturated rings. The maximum Gasteiger partial charge on any atom is 0.318 e. The van der Waals surface area contributed by atoms with Gasteiger partial charge in [0.2, 0.25) is 5.89 Å². The van der Waals surface area contributed by atoms with Crippen LogP contribution in [0.2, 0.25) is 0 Å². The van der Waals surface area contributed by atoms with Crippen molar-refractivity contribution in [1.29, 1.82) is 0 Å². The van der Waals surface area contributed by atoms with Crippen LogP contribution in [0.5, 0.6) is 0 Å². The maximum absolute atomic E-state index is 12.6. The summed E-state index contributed by atoms with van der Waals surface area (Å²) < 4.78 is 5.06. The van der Waals surface area contributed by atoms with Gasteiger partial charge in [0.15, 0.2) is 5.82 Å². The van der Waals surface area contributed by atoms with Gasteiger partial charge in [-0.25, -0.2) is 4.79 Å². The largest absolute Gasteiger partial charge is 0.340 e. The molecule has 0 aromatic carbocycles. The summed E-state index contributed by atoms with van der Waals surface area (Å²) >= 11 is 0. The maximum atomic E-state index is 12.6. The van der Waals surface area contributed by atoms with E-state index in [0.717, 1.165) is 32.2 Å². The van der Waals surface area contributed by atoms with Gasteiger partial charge < -0.3 is 14.7 Å². The van der Waals surface area contributed by atoms with Crippen molar-refractivity contribution in [2.24, 2.45) is 5.41 Å². The van der Waals surface area contributed by atoms with Crippen molar-refractivity contribution in [2.45, 2.75) is 58.9 Å². The Balaban J connectivity index is 1.61. The molecule has 0 radical (unpaired) electrons. The molecule has 1 N–H and O–H groups in total. The van der Waals surface area contributed by atoms with Crippen LogP contribution in [0.25, 0.3) is 0 Å². The van der Waals surface area contributed by atoms with E-state index in [0.29, 0.717) is 18.3 Å². The highest BCUT2D eigenvalue weighted by Gasteiger charge is 2.34. The second-order valence-electron chi connectivity index (χ2n) is 7.19. The Kier molecular flexibility index (Phi) is 4.41. The third-order valence-electron chi connectivity index (χ3n) is 4.95. The Bertz CT molecular complexity index is 605. The summed E-state index contributed by atoms with van der Waals surface area (Å²) in [7, 11) is 0. The molecule has 1 aromatic rings. The molecule has 126 valence electrons. The Morgan fingerprint density at radius 1 is 1.48 bits per heavy atom. The molecule has 23 heavy (non-hydrogen) atoms. The highest BCUT2D eigenvalue weighted by molar-refractivity contribution is 5.75. The van der Waals surface area contributed by atoms with Crippen molar-refractivity contribution in [3.63, 3.8) is 0 Å². The third kappa shape index (κ3) is 3.41. The molecule has 6 heteroatoms. The Hall–Kier alpha value is -1.85. The van der Waals surface area contributed by atoms with Gasteiger partial charge >= 0.3 is 6.03 Å². The molecule has 1 atom stereocenters. The second-order valence-corrected chi connectivity index (χ2v) is 7.19. The van der Waals surface area contributed by atoms with E-state index in [1.165, 1.54) is 12.0 Å². The van der Waals surface area contributed by atoms with E-state index in [1.807, 2.05) is 4.90 Å². The van der Waals surface area contributed by atoms with Gasteiger partial charge in [-0.15, -0.1) is 0 Å². The van der Waals surface area contributed by atoms with Crippen molar-refractivity contribution < 1.29 is 9.32 Å². The number of hydrogen-bond acceptors (Lipinski definition) is 4. The first-order chi connectivity index (χ1) is 11.0. The summed E-state index contributed by atoms with van der Waals surface area (Å²) in [4.78, 5) is 18.7. The number of aryl methyl sites for hydroxylation is 1. The lowest BCUT2D eigenvalue weighted by Gasteiger charge is -2.29. The molecule has 6 nitrogen and oxygen atoms in total. The molecule has 1 aliphatic carbocycles. The fourth-order valence-corrected chi connectivity index (χ4v) is 3.53. The van der Waals surface area contributed by atoms with Crippen LogP contribution in [0.15, 0.2) is 16.2 Å². The Labute approximate surface area is 137 Å². The lowest BCUT2D eigenvalue weighted by molar-refractivity contribution is 0.186. The minimum Gasteiger partial charge on any atom is -0.340 e. The second kappa shape index (κ2) is 6.34. The number of aromatic nitrogens is 2. The molecule has 0 saturated carbocycles. The summed E-state index contributed by atoms with van der Waals surface area (Å²) in [6.07, 6.45) is 7.74. The highest BCUT2D eigenvalue weighted by atomic mass is 16.5. The van der Waals surface area contributed by atoms with Crippen molar-refractivity contribution in [3.8, 4) is 0 Å². The fraction of sp³-hybridized carbons (Fsp3) is 0.706. The van der Waals surface area contributed by atoms with E-state index in [4.69, 9.17) is 4.52 Å². The SMILES string of the molecule is Cc1nc(C2CCCN2C(=O)NCC(C)(C)C2=CCCC2)no1. The van der Waals surface area contributed by atoms with Gasteiger partial charge in [0, 0.05) is 25.4 Å². The molecular formula is C17H26N4O2. The van der Waals surface area contributed by atoms with E-state index in [-0.39, 0.29) is 17.5 Å². The van der Waals surface area contributed by atoms with Crippen molar-refractivity contribution >= 4 is 6.03 Å². The topological polar surface area (TPSA) is 71.3 Å². The van der Waals surface area contributed by atoms with Crippen molar-refractivity contribution in [3.05, 3.63) is 23.4 Å². The van der Waals surface area contributed by atoms with Gasteiger partial charge in [-0.05, 0) is 32.1 Å². The van der Waals surface area contributed by atoms with Gasteiger partial charge in [-0.3, -0.25) is 0 Å². The van der Waals surface area contributed by atoms with Crippen molar-refractivity contribution in [2.75, 3.05) is 13.1 Å². The number of rotatable bonds is 4. The number of allylic oxidation sites excluding steroid dienone is 1. The number of amides is 2. The van der Waals surface area contributed by atoms with E-state index in [1.54, 1.807) is 6.92 Å². The predicted molar refractivity (Wildman–Crippen MR) is 86.8 cm³/mol. The molecular weight excluding hydrogens is 292 g/mol. The summed E-state index contributed by atoms with van der Waals surface area (Å²) in [5.41, 5.74) is 1.48. The molecule has 1 aliphatic heterocycles.